The highest BCUT2D eigenvalue weighted by Crippen LogP contribution is 2.28. The normalized spacial score (nSPS) is 13.1. The van der Waals surface area contributed by atoms with Gasteiger partial charge in [0.05, 0.1) is 13.2 Å². The maximum absolute atomic E-state index is 13.0. The van der Waals surface area contributed by atoms with E-state index >= 15 is 0 Å². The van der Waals surface area contributed by atoms with Crippen LogP contribution < -0.4 is 10.1 Å². The van der Waals surface area contributed by atoms with Crippen molar-refractivity contribution >= 4 is 11.5 Å². The van der Waals surface area contributed by atoms with Gasteiger partial charge in [0, 0.05) is 6.54 Å². The van der Waals surface area contributed by atoms with Crippen LogP contribution in [-0.2, 0) is 6.18 Å². The number of fused-ring (bicyclic) bond motifs is 1. The Kier molecular flexibility index (Phi) is 5.17. The second kappa shape index (κ2) is 7.39. The standard InChI is InChI=1S/C17H19F3N6O/c1-25(2)13(11-5-4-6-12(9-11)27-3)10-21-14-7-8-15-22-23-16(17(18,19)20)26(15)24-14/h4-9,13H,10H2,1-3H3,(H,21,24). The maximum Gasteiger partial charge on any atom is 0.453 e. The molecule has 0 bridgehead atoms. The van der Waals surface area contributed by atoms with Gasteiger partial charge in [0.1, 0.15) is 11.6 Å². The molecule has 0 aliphatic heterocycles. The number of hydrogen-bond donors (Lipinski definition) is 1. The van der Waals surface area contributed by atoms with E-state index in [1.165, 1.54) is 6.07 Å². The van der Waals surface area contributed by atoms with Crippen molar-refractivity contribution in [3.63, 3.8) is 0 Å². The van der Waals surface area contributed by atoms with Crippen molar-refractivity contribution < 1.29 is 17.9 Å². The number of aromatic nitrogens is 4. The van der Waals surface area contributed by atoms with E-state index < -0.39 is 12.0 Å². The van der Waals surface area contributed by atoms with Crippen molar-refractivity contribution in [3.8, 4) is 5.75 Å². The Morgan fingerprint density at radius 1 is 1.19 bits per heavy atom. The number of halogens is 3. The molecule has 2 aromatic heterocycles. The Morgan fingerprint density at radius 3 is 2.63 bits per heavy atom. The van der Waals surface area contributed by atoms with E-state index in [0.717, 1.165) is 11.3 Å². The zero-order valence-electron chi connectivity index (χ0n) is 15.0. The summed E-state index contributed by atoms with van der Waals surface area (Å²) >= 11 is 0. The first-order valence-corrected chi connectivity index (χ1v) is 8.13. The molecule has 27 heavy (non-hydrogen) atoms. The molecule has 3 aromatic rings. The van der Waals surface area contributed by atoms with Crippen LogP contribution >= 0.6 is 0 Å². The number of rotatable bonds is 6. The molecule has 1 unspecified atom stereocenters. The average molecular weight is 380 g/mol. The lowest BCUT2D eigenvalue weighted by Crippen LogP contribution is -2.27. The molecule has 7 nitrogen and oxygen atoms in total. The molecule has 144 valence electrons. The molecule has 0 aliphatic rings. The minimum absolute atomic E-state index is 0.0323. The van der Waals surface area contributed by atoms with Crippen molar-refractivity contribution in [3.05, 3.63) is 47.8 Å². The van der Waals surface area contributed by atoms with E-state index in [4.69, 9.17) is 4.74 Å². The summed E-state index contributed by atoms with van der Waals surface area (Å²) in [7, 11) is 5.44. The number of ether oxygens (including phenoxy) is 1. The molecule has 2 heterocycles. The van der Waals surface area contributed by atoms with Crippen LogP contribution in [0.4, 0.5) is 19.0 Å². The van der Waals surface area contributed by atoms with Gasteiger partial charge in [-0.1, -0.05) is 12.1 Å². The van der Waals surface area contributed by atoms with Crippen LogP contribution in [0.15, 0.2) is 36.4 Å². The highest BCUT2D eigenvalue weighted by atomic mass is 19.4. The van der Waals surface area contributed by atoms with Crippen LogP contribution in [0.25, 0.3) is 5.65 Å². The van der Waals surface area contributed by atoms with Gasteiger partial charge < -0.3 is 15.0 Å². The van der Waals surface area contributed by atoms with Gasteiger partial charge in [-0.05, 0) is 43.9 Å². The van der Waals surface area contributed by atoms with Crippen LogP contribution in [0.5, 0.6) is 5.75 Å². The third-order valence-electron chi connectivity index (χ3n) is 4.09. The summed E-state index contributed by atoms with van der Waals surface area (Å²) in [4.78, 5) is 2.00. The maximum atomic E-state index is 13.0. The summed E-state index contributed by atoms with van der Waals surface area (Å²) in [6.07, 6.45) is -4.63. The lowest BCUT2D eigenvalue weighted by molar-refractivity contribution is -0.146. The Balaban J connectivity index is 1.83. The molecule has 1 N–H and O–H groups in total. The Hall–Kier alpha value is -2.88. The third kappa shape index (κ3) is 4.11. The van der Waals surface area contributed by atoms with Crippen LogP contribution in [-0.4, -0.2) is 52.5 Å². The zero-order chi connectivity index (χ0) is 19.6. The lowest BCUT2D eigenvalue weighted by atomic mass is 10.1. The van der Waals surface area contributed by atoms with Gasteiger partial charge >= 0.3 is 6.18 Å². The van der Waals surface area contributed by atoms with Gasteiger partial charge in [0.25, 0.3) is 5.82 Å². The molecule has 0 fully saturated rings. The number of anilines is 1. The van der Waals surface area contributed by atoms with Gasteiger partial charge in [-0.2, -0.15) is 17.7 Å². The minimum Gasteiger partial charge on any atom is -0.497 e. The molecular formula is C17H19F3N6O. The molecule has 1 aromatic carbocycles. The van der Waals surface area contributed by atoms with E-state index in [2.05, 4.69) is 20.6 Å². The predicted octanol–water partition coefficient (Wildman–Crippen LogP) is 2.87. The second-order valence-corrected chi connectivity index (χ2v) is 6.15. The van der Waals surface area contributed by atoms with Gasteiger partial charge in [-0.3, -0.25) is 0 Å². The third-order valence-corrected chi connectivity index (χ3v) is 4.09. The van der Waals surface area contributed by atoms with E-state index in [-0.39, 0.29) is 11.7 Å². The second-order valence-electron chi connectivity index (χ2n) is 6.15. The number of benzene rings is 1. The molecule has 0 saturated heterocycles. The number of nitrogens with one attached hydrogen (secondary N) is 1. The molecule has 1 atom stereocenters. The zero-order valence-corrected chi connectivity index (χ0v) is 15.0. The largest absolute Gasteiger partial charge is 0.497 e. The molecule has 3 rings (SSSR count). The highest BCUT2D eigenvalue weighted by molar-refractivity contribution is 5.44. The molecule has 0 amide bonds. The topological polar surface area (TPSA) is 67.6 Å². The van der Waals surface area contributed by atoms with Crippen LogP contribution in [0.1, 0.15) is 17.4 Å². The fraction of sp³-hybridized carbons (Fsp3) is 0.353. The van der Waals surface area contributed by atoms with Crippen molar-refractivity contribution in [2.24, 2.45) is 0 Å². The Bertz CT molecular complexity index is 924. The summed E-state index contributed by atoms with van der Waals surface area (Å²) in [5.41, 5.74) is 1.04. The molecule has 10 heteroatoms. The van der Waals surface area contributed by atoms with Crippen LogP contribution in [0, 0.1) is 0 Å². The van der Waals surface area contributed by atoms with Gasteiger partial charge in [0.15, 0.2) is 5.65 Å². The van der Waals surface area contributed by atoms with Gasteiger partial charge in [-0.15, -0.1) is 15.3 Å². The number of methoxy groups -OCH3 is 1. The predicted molar refractivity (Wildman–Crippen MR) is 93.7 cm³/mol. The summed E-state index contributed by atoms with van der Waals surface area (Å²) < 4.78 is 44.9. The van der Waals surface area contributed by atoms with Crippen LogP contribution in [0.3, 0.4) is 0 Å². The SMILES string of the molecule is COc1cccc(C(CNc2ccc3nnc(C(F)(F)F)n3n2)N(C)C)c1. The lowest BCUT2D eigenvalue weighted by Gasteiger charge is -2.25. The van der Waals surface area contributed by atoms with E-state index in [9.17, 15) is 13.2 Å². The van der Waals surface area contributed by atoms with Crippen molar-refractivity contribution in [1.29, 1.82) is 0 Å². The first kappa shape index (κ1) is 18.9. The quantitative estimate of drug-likeness (QED) is 0.709. The van der Waals surface area contributed by atoms with Crippen molar-refractivity contribution in [2.45, 2.75) is 12.2 Å². The molecular weight excluding hydrogens is 361 g/mol. The average Bonchev–Trinajstić information content (AvgIpc) is 3.05. The van der Waals surface area contributed by atoms with E-state index in [1.54, 1.807) is 13.2 Å². The number of alkyl halides is 3. The van der Waals surface area contributed by atoms with Gasteiger partial charge in [0.2, 0.25) is 0 Å². The van der Waals surface area contributed by atoms with Crippen LogP contribution in [0.2, 0.25) is 0 Å². The first-order chi connectivity index (χ1) is 12.8. The number of likely N-dealkylation sites (N-methyl/N-ethyl adjacent to an activating group) is 1. The summed E-state index contributed by atoms with van der Waals surface area (Å²) in [5, 5.41) is 13.7. The van der Waals surface area contributed by atoms with E-state index in [1.807, 2.05) is 43.3 Å². The first-order valence-electron chi connectivity index (χ1n) is 8.13. The fourth-order valence-corrected chi connectivity index (χ4v) is 2.71. The number of hydrogen-bond acceptors (Lipinski definition) is 6. The molecule has 0 radical (unpaired) electrons. The van der Waals surface area contributed by atoms with Crippen molar-refractivity contribution in [1.82, 2.24) is 24.7 Å². The molecule has 0 saturated carbocycles. The summed E-state index contributed by atoms with van der Waals surface area (Å²) in [6.45, 7) is 0.433. The van der Waals surface area contributed by atoms with E-state index in [0.29, 0.717) is 16.9 Å². The smallest absolute Gasteiger partial charge is 0.453 e. The Morgan fingerprint density at radius 2 is 1.96 bits per heavy atom. The monoisotopic (exact) mass is 380 g/mol. The fourth-order valence-electron chi connectivity index (χ4n) is 2.71. The summed E-state index contributed by atoms with van der Waals surface area (Å²) in [5.74, 6) is -0.126. The molecule has 0 spiro atoms. The van der Waals surface area contributed by atoms with Crippen molar-refractivity contribution in [2.75, 3.05) is 33.1 Å². The summed E-state index contributed by atoms with van der Waals surface area (Å²) in [6, 6.07) is 10.6. The Labute approximate surface area is 153 Å². The highest BCUT2D eigenvalue weighted by Gasteiger charge is 2.37. The minimum atomic E-state index is -4.63. The van der Waals surface area contributed by atoms with Gasteiger partial charge in [-0.25, -0.2) is 0 Å². The number of nitrogens with zero attached hydrogens (tertiary/aromatic N) is 5. The molecule has 0 aliphatic carbocycles.